The van der Waals surface area contributed by atoms with E-state index in [1.807, 2.05) is 24.3 Å². The highest BCUT2D eigenvalue weighted by Crippen LogP contribution is 2.42. The molecule has 0 fully saturated rings. The van der Waals surface area contributed by atoms with Crippen LogP contribution >= 0.6 is 23.2 Å². The molecule has 3 rings (SSSR count). The number of rotatable bonds is 6. The Balaban J connectivity index is 1.70. The maximum absolute atomic E-state index is 12.5. The summed E-state index contributed by atoms with van der Waals surface area (Å²) in [6.07, 6.45) is 2.48. The van der Waals surface area contributed by atoms with Gasteiger partial charge in [-0.25, -0.2) is 0 Å². The molecular formula is C21H23Cl2NO3. The Morgan fingerprint density at radius 2 is 1.96 bits per heavy atom. The molecule has 6 heteroatoms. The Morgan fingerprint density at radius 3 is 2.67 bits per heavy atom. The van der Waals surface area contributed by atoms with Gasteiger partial charge in [-0.1, -0.05) is 55.2 Å². The molecule has 1 amide bonds. The molecule has 2 aromatic carbocycles. The number of ether oxygens (including phenoxy) is 2. The zero-order valence-corrected chi connectivity index (χ0v) is 16.9. The lowest BCUT2D eigenvalue weighted by molar-refractivity contribution is -0.124. The maximum Gasteiger partial charge on any atom is 0.258 e. The van der Waals surface area contributed by atoms with E-state index in [1.54, 1.807) is 18.2 Å². The normalized spacial score (nSPS) is 17.6. The Kier molecular flexibility index (Phi) is 6.18. The molecule has 0 saturated heterocycles. The van der Waals surface area contributed by atoms with Gasteiger partial charge in [-0.2, -0.15) is 0 Å². The second-order valence-electron chi connectivity index (χ2n) is 6.72. The van der Waals surface area contributed by atoms with Crippen LogP contribution in [0.3, 0.4) is 0 Å². The Hall–Kier alpha value is -1.91. The second-order valence-corrected chi connectivity index (χ2v) is 7.56. The summed E-state index contributed by atoms with van der Waals surface area (Å²) >= 11 is 12.0. The first-order valence-electron chi connectivity index (χ1n) is 9.11. The van der Waals surface area contributed by atoms with Crippen LogP contribution in [0, 0.1) is 0 Å². The van der Waals surface area contributed by atoms with Gasteiger partial charge >= 0.3 is 0 Å². The minimum absolute atomic E-state index is 0.119. The van der Waals surface area contributed by atoms with Crippen molar-refractivity contribution < 1.29 is 14.3 Å². The molecule has 27 heavy (non-hydrogen) atoms. The molecule has 0 spiro atoms. The van der Waals surface area contributed by atoms with Crippen molar-refractivity contribution in [2.45, 2.75) is 44.8 Å². The topological polar surface area (TPSA) is 47.6 Å². The van der Waals surface area contributed by atoms with Crippen molar-refractivity contribution in [3.8, 4) is 11.5 Å². The van der Waals surface area contributed by atoms with E-state index < -0.39 is 0 Å². The van der Waals surface area contributed by atoms with Crippen LogP contribution in [0.15, 0.2) is 42.5 Å². The number of halogens is 2. The molecule has 0 aromatic heterocycles. The highest BCUT2D eigenvalue weighted by Gasteiger charge is 2.38. The van der Waals surface area contributed by atoms with E-state index in [4.69, 9.17) is 32.7 Å². The van der Waals surface area contributed by atoms with E-state index >= 15 is 0 Å². The van der Waals surface area contributed by atoms with Gasteiger partial charge < -0.3 is 14.8 Å². The molecule has 1 heterocycles. The summed E-state index contributed by atoms with van der Waals surface area (Å²) in [5.74, 6) is 1.06. The van der Waals surface area contributed by atoms with Gasteiger partial charge in [0.05, 0.1) is 11.1 Å². The zero-order chi connectivity index (χ0) is 19.4. The summed E-state index contributed by atoms with van der Waals surface area (Å²) in [5, 5.41) is 3.98. The SMILES string of the molecule is CCC1(CC)CC(NC(=O)COc2ccc(Cl)cc2Cl)c2ccccc2O1. The van der Waals surface area contributed by atoms with Crippen molar-refractivity contribution >= 4 is 29.1 Å². The maximum atomic E-state index is 12.5. The van der Waals surface area contributed by atoms with Gasteiger partial charge in [0.25, 0.3) is 5.91 Å². The number of amides is 1. The summed E-state index contributed by atoms with van der Waals surface area (Å²) in [5.41, 5.74) is 0.722. The third kappa shape index (κ3) is 4.50. The number of para-hydroxylation sites is 1. The second kappa shape index (κ2) is 8.41. The van der Waals surface area contributed by atoms with Crippen molar-refractivity contribution in [3.05, 3.63) is 58.1 Å². The van der Waals surface area contributed by atoms with E-state index in [-0.39, 0.29) is 24.2 Å². The van der Waals surface area contributed by atoms with E-state index in [0.717, 1.165) is 30.6 Å². The highest BCUT2D eigenvalue weighted by atomic mass is 35.5. The predicted molar refractivity (Wildman–Crippen MR) is 108 cm³/mol. The van der Waals surface area contributed by atoms with Crippen LogP contribution in [0.1, 0.15) is 44.7 Å². The van der Waals surface area contributed by atoms with Gasteiger partial charge in [0.1, 0.15) is 17.1 Å². The van der Waals surface area contributed by atoms with Crippen molar-refractivity contribution in [2.75, 3.05) is 6.61 Å². The smallest absolute Gasteiger partial charge is 0.258 e. The number of hydrogen-bond acceptors (Lipinski definition) is 3. The number of hydrogen-bond donors (Lipinski definition) is 1. The standard InChI is InChI=1S/C21H23Cl2NO3/c1-3-21(4-2)12-17(15-7-5-6-8-18(15)27-21)24-20(25)13-26-19-10-9-14(22)11-16(19)23/h5-11,17H,3-4,12-13H2,1-2H3,(H,24,25). The van der Waals surface area contributed by atoms with Crippen molar-refractivity contribution in [3.63, 3.8) is 0 Å². The molecule has 0 radical (unpaired) electrons. The minimum atomic E-state index is -0.271. The first kappa shape index (κ1) is 19.8. The molecule has 1 aliphatic rings. The molecule has 1 atom stereocenters. The van der Waals surface area contributed by atoms with Gasteiger partial charge in [-0.3, -0.25) is 4.79 Å². The number of benzene rings is 2. The number of fused-ring (bicyclic) bond motifs is 1. The largest absolute Gasteiger partial charge is 0.487 e. The quantitative estimate of drug-likeness (QED) is 0.680. The average molecular weight is 408 g/mol. The van der Waals surface area contributed by atoms with E-state index in [9.17, 15) is 4.79 Å². The number of carbonyl (C=O) groups excluding carboxylic acids is 1. The lowest BCUT2D eigenvalue weighted by Gasteiger charge is -2.41. The molecule has 4 nitrogen and oxygen atoms in total. The molecule has 1 N–H and O–H groups in total. The fraction of sp³-hybridized carbons (Fsp3) is 0.381. The van der Waals surface area contributed by atoms with Crippen LogP contribution in [0.4, 0.5) is 0 Å². The van der Waals surface area contributed by atoms with Crippen molar-refractivity contribution in [1.82, 2.24) is 5.32 Å². The molecule has 2 aromatic rings. The third-order valence-electron chi connectivity index (χ3n) is 5.07. The molecule has 1 unspecified atom stereocenters. The van der Waals surface area contributed by atoms with Crippen LogP contribution in [0.25, 0.3) is 0 Å². The molecule has 0 saturated carbocycles. The molecule has 144 valence electrons. The molecule has 0 bridgehead atoms. The van der Waals surface area contributed by atoms with Gasteiger partial charge in [-0.05, 0) is 37.1 Å². The fourth-order valence-corrected chi connectivity index (χ4v) is 3.86. The summed E-state index contributed by atoms with van der Waals surface area (Å²) in [6, 6.07) is 12.6. The molecule has 1 aliphatic heterocycles. The first-order valence-corrected chi connectivity index (χ1v) is 9.87. The highest BCUT2D eigenvalue weighted by molar-refractivity contribution is 6.35. The van der Waals surface area contributed by atoms with Crippen molar-refractivity contribution in [2.24, 2.45) is 0 Å². The molecular weight excluding hydrogens is 385 g/mol. The van der Waals surface area contributed by atoms with Crippen LogP contribution < -0.4 is 14.8 Å². The Bertz CT molecular complexity index is 821. The van der Waals surface area contributed by atoms with E-state index in [0.29, 0.717) is 15.8 Å². The van der Waals surface area contributed by atoms with Crippen LogP contribution in [0.2, 0.25) is 10.0 Å². The summed E-state index contributed by atoms with van der Waals surface area (Å²) in [7, 11) is 0. The summed E-state index contributed by atoms with van der Waals surface area (Å²) in [6.45, 7) is 4.11. The summed E-state index contributed by atoms with van der Waals surface area (Å²) < 4.78 is 11.8. The van der Waals surface area contributed by atoms with Gasteiger partial charge in [0.15, 0.2) is 6.61 Å². The van der Waals surface area contributed by atoms with Gasteiger partial charge in [-0.15, -0.1) is 0 Å². The van der Waals surface area contributed by atoms with Crippen LogP contribution in [-0.4, -0.2) is 18.1 Å². The third-order valence-corrected chi connectivity index (χ3v) is 5.60. The lowest BCUT2D eigenvalue weighted by atomic mass is 9.83. The Morgan fingerprint density at radius 1 is 1.22 bits per heavy atom. The predicted octanol–water partition coefficient (Wildman–Crippen LogP) is 5.57. The van der Waals surface area contributed by atoms with Crippen molar-refractivity contribution in [1.29, 1.82) is 0 Å². The monoisotopic (exact) mass is 407 g/mol. The zero-order valence-electron chi connectivity index (χ0n) is 15.4. The summed E-state index contributed by atoms with van der Waals surface area (Å²) in [4.78, 5) is 12.5. The number of nitrogens with one attached hydrogen (secondary N) is 1. The van der Waals surface area contributed by atoms with E-state index in [1.165, 1.54) is 0 Å². The molecule has 0 aliphatic carbocycles. The van der Waals surface area contributed by atoms with Gasteiger partial charge in [0, 0.05) is 17.0 Å². The number of carbonyl (C=O) groups is 1. The average Bonchev–Trinajstić information content (AvgIpc) is 2.67. The minimum Gasteiger partial charge on any atom is -0.487 e. The van der Waals surface area contributed by atoms with Crippen LogP contribution in [0.5, 0.6) is 11.5 Å². The van der Waals surface area contributed by atoms with Crippen LogP contribution in [-0.2, 0) is 4.79 Å². The van der Waals surface area contributed by atoms with Gasteiger partial charge in [0.2, 0.25) is 0 Å². The lowest BCUT2D eigenvalue weighted by Crippen LogP contribution is -2.45. The van der Waals surface area contributed by atoms with E-state index in [2.05, 4.69) is 19.2 Å². The first-order chi connectivity index (χ1) is 13.0. The fourth-order valence-electron chi connectivity index (χ4n) is 3.40. The Labute approximate surface area is 169 Å².